The number of hydrogen-bond acceptors (Lipinski definition) is 10. The number of carbonyl (C=O) groups is 5. The number of aldehydes is 1. The van der Waals surface area contributed by atoms with Crippen LogP contribution >= 0.6 is 0 Å². The van der Waals surface area contributed by atoms with Crippen LogP contribution < -0.4 is 36.9 Å². The molecule has 0 aliphatic rings. The smallest absolute Gasteiger partial charge is 0.416 e. The van der Waals surface area contributed by atoms with Crippen LogP contribution in [0.2, 0.25) is 0 Å². The predicted molar refractivity (Wildman–Crippen MR) is 209 cm³/mol. The zero-order chi connectivity index (χ0) is 42.4. The molecule has 58 heavy (non-hydrogen) atoms. The lowest BCUT2D eigenvalue weighted by Crippen LogP contribution is -2.45. The fraction of sp³-hybridized carbons (Fsp3) is 0.293. The molecule has 0 bridgehead atoms. The van der Waals surface area contributed by atoms with Crippen molar-refractivity contribution in [1.82, 2.24) is 20.9 Å². The van der Waals surface area contributed by atoms with Gasteiger partial charge in [-0.15, -0.1) is 0 Å². The number of carboxylic acid groups (broad SMARTS) is 1. The van der Waals surface area contributed by atoms with E-state index in [0.29, 0.717) is 51.2 Å². The molecule has 4 aromatic carbocycles. The first-order valence-electron chi connectivity index (χ1n) is 18.1. The minimum atomic E-state index is -4.47. The van der Waals surface area contributed by atoms with Crippen LogP contribution in [0.4, 0.5) is 13.2 Å². The summed E-state index contributed by atoms with van der Waals surface area (Å²) in [6.45, 7) is 0.0541. The molecular formula is C41H45F3N6O8. The Bertz CT molecular complexity index is 2060. The Morgan fingerprint density at radius 1 is 0.828 bits per heavy atom. The van der Waals surface area contributed by atoms with Crippen molar-refractivity contribution in [3.05, 3.63) is 107 Å². The van der Waals surface area contributed by atoms with E-state index < -0.39 is 54.1 Å². The molecule has 0 aliphatic heterocycles. The summed E-state index contributed by atoms with van der Waals surface area (Å²) in [7, 11) is 2.96. The number of carboxylic acids is 1. The molecule has 3 amide bonds. The molecule has 14 nitrogen and oxygen atoms in total. The predicted octanol–water partition coefficient (Wildman–Crippen LogP) is 3.17. The summed E-state index contributed by atoms with van der Waals surface area (Å²) in [5.74, 6) is -2.24. The van der Waals surface area contributed by atoms with E-state index in [-0.39, 0.29) is 44.8 Å². The molecule has 0 aliphatic carbocycles. The van der Waals surface area contributed by atoms with Crippen LogP contribution in [0.25, 0.3) is 22.3 Å². The summed E-state index contributed by atoms with van der Waals surface area (Å²) in [5, 5.41) is 17.6. The standard InChI is InChI=1S/C41H45F3N6O8/c1-47-22-37(52)49-33(40(55)56)20-25-3-13-35(57-17-15-45)31(19-25)32-21-29(10-14-36(32)58-18-16-46)34(24-51)50(2)38(53)23-48-39(54)28-6-4-26(5-7-28)27-8-11-30(12-9-27)41(42,43)44/h3-14,19,21,24,33-34,47H,15-18,20,22-23,45-46H2,1-2H3,(H,48,54)(H,49,52)(H,55,56). The zero-order valence-electron chi connectivity index (χ0n) is 31.8. The Hall–Kier alpha value is -6.30. The molecule has 0 saturated heterocycles. The summed E-state index contributed by atoms with van der Waals surface area (Å²) in [6.07, 6.45) is -3.99. The molecule has 4 aromatic rings. The topological polar surface area (TPSA) is 215 Å². The molecule has 0 heterocycles. The molecular weight excluding hydrogens is 761 g/mol. The number of rotatable bonds is 20. The first kappa shape index (κ1) is 44.4. The number of nitrogens with two attached hydrogens (primary N) is 2. The summed E-state index contributed by atoms with van der Waals surface area (Å²) >= 11 is 0. The Morgan fingerprint density at radius 3 is 1.93 bits per heavy atom. The van der Waals surface area contributed by atoms with Crippen LogP contribution in [0.1, 0.15) is 33.1 Å². The second-order valence-corrected chi connectivity index (χ2v) is 13.0. The van der Waals surface area contributed by atoms with Gasteiger partial charge in [0.1, 0.15) is 43.1 Å². The number of halogens is 3. The van der Waals surface area contributed by atoms with Gasteiger partial charge >= 0.3 is 12.1 Å². The highest BCUT2D eigenvalue weighted by Gasteiger charge is 2.30. The van der Waals surface area contributed by atoms with Gasteiger partial charge < -0.3 is 51.7 Å². The van der Waals surface area contributed by atoms with Crippen molar-refractivity contribution in [3.8, 4) is 33.8 Å². The molecule has 0 saturated carbocycles. The van der Waals surface area contributed by atoms with Gasteiger partial charge in [-0.1, -0.05) is 36.4 Å². The highest BCUT2D eigenvalue weighted by atomic mass is 19.4. The number of carbonyl (C=O) groups excluding carboxylic acids is 4. The Balaban J connectivity index is 1.57. The van der Waals surface area contributed by atoms with E-state index >= 15 is 0 Å². The lowest BCUT2D eigenvalue weighted by atomic mass is 9.94. The molecule has 0 spiro atoms. The van der Waals surface area contributed by atoms with Gasteiger partial charge in [-0.2, -0.15) is 13.2 Å². The second kappa shape index (κ2) is 20.7. The van der Waals surface area contributed by atoms with Crippen molar-refractivity contribution < 1.29 is 51.7 Å². The van der Waals surface area contributed by atoms with Crippen molar-refractivity contribution >= 4 is 30.0 Å². The van der Waals surface area contributed by atoms with Crippen molar-refractivity contribution in [2.45, 2.75) is 24.7 Å². The maximum atomic E-state index is 13.4. The number of hydrogen-bond donors (Lipinski definition) is 6. The number of benzene rings is 4. The lowest BCUT2D eigenvalue weighted by molar-refractivity contribution is -0.141. The van der Waals surface area contributed by atoms with Gasteiger partial charge in [-0.05, 0) is 77.8 Å². The fourth-order valence-electron chi connectivity index (χ4n) is 5.88. The SMILES string of the molecule is CNCC(=O)NC(Cc1ccc(OCCN)c(-c2cc(C(C=O)N(C)C(=O)CNC(=O)c3ccc(-c4ccc(C(F)(F)F)cc4)cc3)ccc2OCCN)c1)C(=O)O. The Morgan fingerprint density at radius 2 is 1.40 bits per heavy atom. The van der Waals surface area contributed by atoms with Crippen molar-refractivity contribution in [1.29, 1.82) is 0 Å². The molecule has 0 radical (unpaired) electrons. The van der Waals surface area contributed by atoms with Crippen LogP contribution in [0.5, 0.6) is 11.5 Å². The molecule has 17 heteroatoms. The van der Waals surface area contributed by atoms with E-state index in [0.717, 1.165) is 17.0 Å². The minimum absolute atomic E-state index is 0.0817. The van der Waals surface area contributed by atoms with Crippen LogP contribution in [0.15, 0.2) is 84.9 Å². The summed E-state index contributed by atoms with van der Waals surface area (Å²) in [5.41, 5.74) is 13.7. The van der Waals surface area contributed by atoms with E-state index in [4.69, 9.17) is 20.9 Å². The van der Waals surface area contributed by atoms with E-state index in [9.17, 15) is 42.3 Å². The third kappa shape index (κ3) is 11.9. The number of likely N-dealkylation sites (N-methyl/N-ethyl adjacent to an activating group) is 2. The van der Waals surface area contributed by atoms with Crippen LogP contribution in [-0.4, -0.2) is 99.5 Å². The quantitative estimate of drug-likeness (QED) is 0.0714. The third-order valence-electron chi connectivity index (χ3n) is 8.87. The van der Waals surface area contributed by atoms with Gasteiger partial charge in [0.05, 0.1) is 18.7 Å². The number of amides is 3. The fourth-order valence-corrected chi connectivity index (χ4v) is 5.88. The van der Waals surface area contributed by atoms with Gasteiger partial charge in [0.15, 0.2) is 0 Å². The Labute approximate surface area is 332 Å². The summed E-state index contributed by atoms with van der Waals surface area (Å²) in [4.78, 5) is 64.4. The number of aliphatic carboxylic acids is 1. The normalized spacial score (nSPS) is 12.2. The number of alkyl halides is 3. The number of ether oxygens (including phenoxy) is 2. The van der Waals surface area contributed by atoms with E-state index in [1.165, 1.54) is 31.3 Å². The van der Waals surface area contributed by atoms with E-state index in [2.05, 4.69) is 16.0 Å². The molecule has 0 aromatic heterocycles. The first-order valence-corrected chi connectivity index (χ1v) is 18.1. The maximum absolute atomic E-state index is 13.4. The number of nitrogens with one attached hydrogen (secondary N) is 3. The molecule has 308 valence electrons. The maximum Gasteiger partial charge on any atom is 0.416 e. The van der Waals surface area contributed by atoms with Gasteiger partial charge in [-0.3, -0.25) is 14.4 Å². The van der Waals surface area contributed by atoms with Gasteiger partial charge in [0.25, 0.3) is 5.91 Å². The molecule has 2 atom stereocenters. The number of nitrogens with zero attached hydrogens (tertiary/aromatic N) is 1. The summed E-state index contributed by atoms with van der Waals surface area (Å²) in [6, 6.07) is 18.1. The highest BCUT2D eigenvalue weighted by Crippen LogP contribution is 2.40. The van der Waals surface area contributed by atoms with Crippen molar-refractivity contribution in [2.24, 2.45) is 11.5 Å². The van der Waals surface area contributed by atoms with Crippen LogP contribution in [0, 0.1) is 0 Å². The largest absolute Gasteiger partial charge is 0.492 e. The average Bonchev–Trinajstić information content (AvgIpc) is 3.21. The highest BCUT2D eigenvalue weighted by molar-refractivity contribution is 5.97. The van der Waals surface area contributed by atoms with Crippen molar-refractivity contribution in [3.63, 3.8) is 0 Å². The molecule has 8 N–H and O–H groups in total. The molecule has 0 fully saturated rings. The first-order chi connectivity index (χ1) is 27.7. The zero-order valence-corrected chi connectivity index (χ0v) is 31.8. The summed E-state index contributed by atoms with van der Waals surface area (Å²) < 4.78 is 50.7. The molecule has 2 unspecified atom stereocenters. The average molecular weight is 807 g/mol. The monoisotopic (exact) mass is 806 g/mol. The second-order valence-electron chi connectivity index (χ2n) is 13.0. The van der Waals surface area contributed by atoms with E-state index in [1.807, 2.05) is 0 Å². The lowest BCUT2D eigenvalue weighted by Gasteiger charge is -2.26. The van der Waals surface area contributed by atoms with E-state index in [1.54, 1.807) is 55.6 Å². The third-order valence-corrected chi connectivity index (χ3v) is 8.87. The van der Waals surface area contributed by atoms with Gasteiger partial charge in [-0.25, -0.2) is 4.79 Å². The Kier molecular flexibility index (Phi) is 15.9. The van der Waals surface area contributed by atoms with Gasteiger partial charge in [0.2, 0.25) is 11.8 Å². The van der Waals surface area contributed by atoms with Crippen molar-refractivity contribution in [2.75, 3.05) is 53.5 Å². The van der Waals surface area contributed by atoms with Crippen LogP contribution in [0.3, 0.4) is 0 Å². The molecule has 4 rings (SSSR count). The van der Waals surface area contributed by atoms with Gasteiger partial charge in [0, 0.05) is 43.2 Å². The van der Waals surface area contributed by atoms with Crippen LogP contribution in [-0.2, 0) is 31.8 Å². The minimum Gasteiger partial charge on any atom is -0.492 e.